The van der Waals surface area contributed by atoms with Crippen LogP contribution in [0.25, 0.3) is 0 Å². The third-order valence-corrected chi connectivity index (χ3v) is 2.12. The molecule has 1 aromatic carbocycles. The van der Waals surface area contributed by atoms with Crippen LogP contribution in [-0.4, -0.2) is 14.7 Å². The van der Waals surface area contributed by atoms with Crippen molar-refractivity contribution in [1.82, 2.24) is 0 Å². The van der Waals surface area contributed by atoms with Crippen LogP contribution in [0.15, 0.2) is 24.3 Å². The highest BCUT2D eigenvalue weighted by molar-refractivity contribution is 7.92. The molecular formula is C8H8F3NO2S. The molecule has 0 aliphatic heterocycles. The first-order valence-corrected chi connectivity index (χ1v) is 5.73. The van der Waals surface area contributed by atoms with Crippen molar-refractivity contribution in [3.8, 4) is 0 Å². The molecule has 1 aromatic rings. The van der Waals surface area contributed by atoms with Gasteiger partial charge in [0.1, 0.15) is 0 Å². The van der Waals surface area contributed by atoms with Crippen LogP contribution in [0.5, 0.6) is 0 Å². The van der Waals surface area contributed by atoms with E-state index in [0.29, 0.717) is 0 Å². The molecule has 1 rings (SSSR count). The fraction of sp³-hybridized carbons (Fsp3) is 0.250. The largest absolute Gasteiger partial charge is 0.416 e. The fourth-order valence-electron chi connectivity index (χ4n) is 0.941. The third kappa shape index (κ3) is 3.78. The lowest BCUT2D eigenvalue weighted by molar-refractivity contribution is -0.137. The summed E-state index contributed by atoms with van der Waals surface area (Å²) < 4.78 is 59.9. The van der Waals surface area contributed by atoms with E-state index in [4.69, 9.17) is 0 Å². The minimum atomic E-state index is -4.41. The van der Waals surface area contributed by atoms with Crippen LogP contribution in [0.4, 0.5) is 18.9 Å². The second-order valence-corrected chi connectivity index (χ2v) is 4.70. The number of rotatable bonds is 2. The van der Waals surface area contributed by atoms with E-state index in [1.54, 1.807) is 0 Å². The van der Waals surface area contributed by atoms with Crippen LogP contribution >= 0.6 is 0 Å². The summed E-state index contributed by atoms with van der Waals surface area (Å²) in [5, 5.41) is 0. The summed E-state index contributed by atoms with van der Waals surface area (Å²) in [4.78, 5) is 0. The van der Waals surface area contributed by atoms with E-state index < -0.39 is 21.8 Å². The number of benzene rings is 1. The van der Waals surface area contributed by atoms with Crippen molar-refractivity contribution in [1.29, 1.82) is 0 Å². The molecule has 0 aromatic heterocycles. The highest BCUT2D eigenvalue weighted by Gasteiger charge is 2.29. The van der Waals surface area contributed by atoms with Crippen LogP contribution < -0.4 is 4.72 Å². The van der Waals surface area contributed by atoms with Crippen molar-refractivity contribution in [2.24, 2.45) is 0 Å². The molecule has 0 aliphatic rings. The van der Waals surface area contributed by atoms with Crippen LogP contribution in [0.2, 0.25) is 0 Å². The van der Waals surface area contributed by atoms with E-state index in [-0.39, 0.29) is 5.69 Å². The van der Waals surface area contributed by atoms with Crippen LogP contribution in [0, 0.1) is 0 Å². The molecular weight excluding hydrogens is 231 g/mol. The number of alkyl halides is 3. The molecule has 0 atom stereocenters. The number of sulfonamides is 1. The molecule has 0 heterocycles. The van der Waals surface area contributed by atoms with Gasteiger partial charge in [0.2, 0.25) is 10.0 Å². The van der Waals surface area contributed by atoms with Crippen molar-refractivity contribution in [2.75, 3.05) is 11.0 Å². The highest BCUT2D eigenvalue weighted by atomic mass is 32.2. The molecule has 0 bridgehead atoms. The minimum Gasteiger partial charge on any atom is -0.284 e. The lowest BCUT2D eigenvalue weighted by atomic mass is 10.2. The molecule has 7 heteroatoms. The predicted octanol–water partition coefficient (Wildman–Crippen LogP) is 2.08. The SMILES string of the molecule is CS(=O)(=O)Nc1ccc(C(F)(F)F)cc1. The first-order valence-electron chi connectivity index (χ1n) is 3.83. The Balaban J connectivity index is 2.91. The first-order chi connectivity index (χ1) is 6.68. The van der Waals surface area contributed by atoms with Gasteiger partial charge in [-0.05, 0) is 24.3 Å². The van der Waals surface area contributed by atoms with Crippen LogP contribution in [0.1, 0.15) is 5.56 Å². The van der Waals surface area contributed by atoms with Gasteiger partial charge in [0.15, 0.2) is 0 Å². The van der Waals surface area contributed by atoms with Crippen molar-refractivity contribution in [2.45, 2.75) is 6.18 Å². The number of nitrogens with one attached hydrogen (secondary N) is 1. The summed E-state index contributed by atoms with van der Waals surface area (Å²) in [6.07, 6.45) is -3.49. The number of halogens is 3. The molecule has 0 saturated heterocycles. The quantitative estimate of drug-likeness (QED) is 0.858. The van der Waals surface area contributed by atoms with Gasteiger partial charge in [0.05, 0.1) is 11.8 Å². The Labute approximate surface area is 85.0 Å². The normalized spacial score (nSPS) is 12.5. The maximum atomic E-state index is 12.1. The summed E-state index contributed by atoms with van der Waals surface area (Å²) in [7, 11) is -3.46. The van der Waals surface area contributed by atoms with Crippen LogP contribution in [-0.2, 0) is 16.2 Å². The zero-order valence-electron chi connectivity index (χ0n) is 7.67. The van der Waals surface area contributed by atoms with E-state index in [0.717, 1.165) is 30.5 Å². The van der Waals surface area contributed by atoms with E-state index in [1.807, 2.05) is 0 Å². The Hall–Kier alpha value is -1.24. The predicted molar refractivity (Wildman–Crippen MR) is 49.9 cm³/mol. The summed E-state index contributed by atoms with van der Waals surface area (Å²) >= 11 is 0. The standard InChI is InChI=1S/C8H8F3NO2S/c1-15(13,14)12-7-4-2-6(3-5-7)8(9,10)11/h2-5,12H,1H3. The summed E-state index contributed by atoms with van der Waals surface area (Å²) in [6.45, 7) is 0. The second kappa shape index (κ2) is 3.73. The highest BCUT2D eigenvalue weighted by Crippen LogP contribution is 2.29. The molecule has 15 heavy (non-hydrogen) atoms. The molecule has 3 nitrogen and oxygen atoms in total. The Morgan fingerprint density at radius 3 is 1.93 bits per heavy atom. The zero-order chi connectivity index (χ0) is 11.7. The van der Waals surface area contributed by atoms with Gasteiger partial charge in [-0.2, -0.15) is 13.2 Å². The topological polar surface area (TPSA) is 46.2 Å². The molecule has 0 fully saturated rings. The molecule has 0 unspecified atom stereocenters. The van der Waals surface area contributed by atoms with E-state index in [1.165, 1.54) is 0 Å². The number of hydrogen-bond acceptors (Lipinski definition) is 2. The summed E-state index contributed by atoms with van der Waals surface area (Å²) in [6, 6.07) is 3.74. The van der Waals surface area contributed by atoms with Crippen molar-refractivity contribution in [3.63, 3.8) is 0 Å². The van der Waals surface area contributed by atoms with Crippen molar-refractivity contribution < 1.29 is 21.6 Å². The average molecular weight is 239 g/mol. The molecule has 0 saturated carbocycles. The Kier molecular flexibility index (Phi) is 2.94. The van der Waals surface area contributed by atoms with Crippen LogP contribution in [0.3, 0.4) is 0 Å². The Morgan fingerprint density at radius 2 is 1.60 bits per heavy atom. The molecule has 84 valence electrons. The molecule has 0 spiro atoms. The van der Waals surface area contributed by atoms with Crippen molar-refractivity contribution >= 4 is 15.7 Å². The number of anilines is 1. The smallest absolute Gasteiger partial charge is 0.284 e. The monoisotopic (exact) mass is 239 g/mol. The first kappa shape index (κ1) is 11.8. The van der Waals surface area contributed by atoms with Crippen molar-refractivity contribution in [3.05, 3.63) is 29.8 Å². The van der Waals surface area contributed by atoms with Gasteiger partial charge < -0.3 is 0 Å². The van der Waals surface area contributed by atoms with Gasteiger partial charge in [0, 0.05) is 5.69 Å². The van der Waals surface area contributed by atoms with Gasteiger partial charge in [-0.15, -0.1) is 0 Å². The minimum absolute atomic E-state index is 0.102. The second-order valence-electron chi connectivity index (χ2n) is 2.95. The number of hydrogen-bond donors (Lipinski definition) is 1. The lowest BCUT2D eigenvalue weighted by Crippen LogP contribution is -2.10. The van der Waals surface area contributed by atoms with Gasteiger partial charge in [0.25, 0.3) is 0 Å². The third-order valence-electron chi connectivity index (χ3n) is 1.52. The average Bonchev–Trinajstić information content (AvgIpc) is 2.00. The maximum absolute atomic E-state index is 12.1. The molecule has 0 amide bonds. The molecule has 0 aliphatic carbocycles. The molecule has 0 radical (unpaired) electrons. The van der Waals surface area contributed by atoms with Gasteiger partial charge in [-0.1, -0.05) is 0 Å². The van der Waals surface area contributed by atoms with Gasteiger partial charge in [-0.25, -0.2) is 8.42 Å². The van der Waals surface area contributed by atoms with Gasteiger partial charge >= 0.3 is 6.18 Å². The van der Waals surface area contributed by atoms with Gasteiger partial charge in [-0.3, -0.25) is 4.72 Å². The molecule has 1 N–H and O–H groups in total. The summed E-state index contributed by atoms with van der Waals surface area (Å²) in [5.41, 5.74) is -0.716. The van der Waals surface area contributed by atoms with E-state index in [9.17, 15) is 21.6 Å². The Morgan fingerprint density at radius 1 is 1.13 bits per heavy atom. The summed E-state index contributed by atoms with van der Waals surface area (Å²) in [5.74, 6) is 0. The van der Waals surface area contributed by atoms with E-state index in [2.05, 4.69) is 4.72 Å². The lowest BCUT2D eigenvalue weighted by Gasteiger charge is -2.08. The maximum Gasteiger partial charge on any atom is 0.416 e. The zero-order valence-corrected chi connectivity index (χ0v) is 8.48. The Bertz CT molecular complexity index is 436. The van der Waals surface area contributed by atoms with E-state index >= 15 is 0 Å². The fourth-order valence-corrected chi connectivity index (χ4v) is 1.51.